The molecular formula is C22H19BrFN5O2. The van der Waals surface area contributed by atoms with Gasteiger partial charge in [-0.25, -0.2) is 14.1 Å². The van der Waals surface area contributed by atoms with Crippen LogP contribution in [0.25, 0.3) is 0 Å². The molecule has 2 amide bonds. The minimum absolute atomic E-state index is 0.176. The lowest BCUT2D eigenvalue weighted by atomic mass is 10.1. The molecule has 1 aromatic heterocycles. The standard InChI is InChI=1S/C22H19BrFN5O2/c23-18-4-2-1-3-16(18)14-28-20(11-12-25-28)26-22(31)19-9-10-21(30)29(27-19)13-15-5-7-17(24)8-6-15/h1-8,11-12H,9-10,13-14H2,(H,26,31). The molecule has 1 aliphatic rings. The van der Waals surface area contributed by atoms with Crippen LogP contribution in [-0.4, -0.2) is 32.3 Å². The number of halogens is 2. The Hall–Kier alpha value is -3.33. The molecule has 1 aliphatic heterocycles. The maximum absolute atomic E-state index is 13.1. The van der Waals surface area contributed by atoms with Gasteiger partial charge in [0.05, 0.1) is 19.3 Å². The molecule has 2 heterocycles. The van der Waals surface area contributed by atoms with Crippen molar-refractivity contribution in [2.45, 2.75) is 25.9 Å². The molecule has 7 nitrogen and oxygen atoms in total. The Morgan fingerprint density at radius 1 is 1.06 bits per heavy atom. The third-order valence-corrected chi connectivity index (χ3v) is 5.62. The van der Waals surface area contributed by atoms with Crippen molar-refractivity contribution in [2.24, 2.45) is 5.10 Å². The van der Waals surface area contributed by atoms with E-state index in [1.54, 1.807) is 29.1 Å². The van der Waals surface area contributed by atoms with E-state index in [4.69, 9.17) is 0 Å². The van der Waals surface area contributed by atoms with Crippen LogP contribution >= 0.6 is 15.9 Å². The summed E-state index contributed by atoms with van der Waals surface area (Å²) in [6.07, 6.45) is 2.05. The van der Waals surface area contributed by atoms with E-state index in [0.29, 0.717) is 12.4 Å². The summed E-state index contributed by atoms with van der Waals surface area (Å²) in [6.45, 7) is 0.654. The molecule has 1 N–H and O–H groups in total. The van der Waals surface area contributed by atoms with E-state index in [2.05, 4.69) is 31.4 Å². The molecule has 0 radical (unpaired) electrons. The van der Waals surface area contributed by atoms with Gasteiger partial charge in [0, 0.05) is 23.4 Å². The molecule has 0 atom stereocenters. The van der Waals surface area contributed by atoms with E-state index in [0.717, 1.165) is 15.6 Å². The summed E-state index contributed by atoms with van der Waals surface area (Å²) in [7, 11) is 0. The van der Waals surface area contributed by atoms with Gasteiger partial charge in [-0.2, -0.15) is 10.2 Å². The Kier molecular flexibility index (Phi) is 6.22. The van der Waals surface area contributed by atoms with Gasteiger partial charge in [0.15, 0.2) is 0 Å². The molecule has 9 heteroatoms. The molecular weight excluding hydrogens is 465 g/mol. The number of hydrazone groups is 1. The number of anilines is 1. The van der Waals surface area contributed by atoms with Crippen molar-refractivity contribution < 1.29 is 14.0 Å². The van der Waals surface area contributed by atoms with Gasteiger partial charge in [-0.1, -0.05) is 46.3 Å². The maximum Gasteiger partial charge on any atom is 0.273 e. The second-order valence-corrected chi connectivity index (χ2v) is 7.90. The van der Waals surface area contributed by atoms with Crippen LogP contribution in [0.5, 0.6) is 0 Å². The van der Waals surface area contributed by atoms with E-state index in [9.17, 15) is 14.0 Å². The number of nitrogens with zero attached hydrogens (tertiary/aromatic N) is 4. The number of hydrogen-bond donors (Lipinski definition) is 1. The van der Waals surface area contributed by atoms with Gasteiger partial charge in [0.1, 0.15) is 17.3 Å². The van der Waals surface area contributed by atoms with Gasteiger partial charge in [-0.3, -0.25) is 9.59 Å². The van der Waals surface area contributed by atoms with E-state index >= 15 is 0 Å². The van der Waals surface area contributed by atoms with Crippen molar-refractivity contribution in [3.63, 3.8) is 0 Å². The van der Waals surface area contributed by atoms with Crippen LogP contribution < -0.4 is 5.32 Å². The van der Waals surface area contributed by atoms with Crippen molar-refractivity contribution in [3.8, 4) is 0 Å². The molecule has 4 rings (SSSR count). The molecule has 0 saturated carbocycles. The average molecular weight is 484 g/mol. The van der Waals surface area contributed by atoms with Gasteiger partial charge < -0.3 is 5.32 Å². The second kappa shape index (κ2) is 9.22. The summed E-state index contributed by atoms with van der Waals surface area (Å²) in [6, 6.07) is 15.3. The first-order valence-corrected chi connectivity index (χ1v) is 10.5. The van der Waals surface area contributed by atoms with Crippen LogP contribution in [0.15, 0.2) is 70.4 Å². The minimum Gasteiger partial charge on any atom is -0.306 e. The number of rotatable bonds is 6. The van der Waals surface area contributed by atoms with Gasteiger partial charge >= 0.3 is 0 Å². The molecule has 0 fully saturated rings. The van der Waals surface area contributed by atoms with Crippen LogP contribution in [0.3, 0.4) is 0 Å². The van der Waals surface area contributed by atoms with E-state index < -0.39 is 0 Å². The van der Waals surface area contributed by atoms with Crippen molar-refractivity contribution in [2.75, 3.05) is 5.32 Å². The van der Waals surface area contributed by atoms with E-state index in [1.807, 2.05) is 24.3 Å². The minimum atomic E-state index is -0.384. The highest BCUT2D eigenvalue weighted by Crippen LogP contribution is 2.19. The average Bonchev–Trinajstić information content (AvgIpc) is 3.19. The summed E-state index contributed by atoms with van der Waals surface area (Å²) < 4.78 is 15.7. The number of aromatic nitrogens is 2. The third-order valence-electron chi connectivity index (χ3n) is 4.85. The molecule has 158 valence electrons. The lowest BCUT2D eigenvalue weighted by Crippen LogP contribution is -2.36. The fraction of sp³-hybridized carbons (Fsp3) is 0.182. The number of carbonyl (C=O) groups is 2. The fourth-order valence-electron chi connectivity index (χ4n) is 3.19. The predicted octanol–water partition coefficient (Wildman–Crippen LogP) is 3.95. The number of amides is 2. The first-order valence-electron chi connectivity index (χ1n) is 9.68. The first kappa shape index (κ1) is 20.9. The van der Waals surface area contributed by atoms with Gasteiger partial charge in [0.25, 0.3) is 5.91 Å². The molecule has 3 aromatic rings. The zero-order valence-electron chi connectivity index (χ0n) is 16.5. The SMILES string of the molecule is O=C(Nc1ccnn1Cc1ccccc1Br)C1=NN(Cc2ccc(F)cc2)C(=O)CC1. The summed E-state index contributed by atoms with van der Waals surface area (Å²) in [5, 5.41) is 12.6. The smallest absolute Gasteiger partial charge is 0.273 e. The number of nitrogens with one attached hydrogen (secondary N) is 1. The number of benzene rings is 2. The summed E-state index contributed by atoms with van der Waals surface area (Å²) in [5.41, 5.74) is 2.01. The Morgan fingerprint density at radius 2 is 1.84 bits per heavy atom. The lowest BCUT2D eigenvalue weighted by molar-refractivity contribution is -0.132. The molecule has 0 saturated heterocycles. The molecule has 0 spiro atoms. The largest absolute Gasteiger partial charge is 0.306 e. The maximum atomic E-state index is 13.1. The van der Waals surface area contributed by atoms with Crippen LogP contribution in [0, 0.1) is 5.82 Å². The van der Waals surface area contributed by atoms with Crippen LogP contribution in [0.4, 0.5) is 10.2 Å². The molecule has 0 bridgehead atoms. The van der Waals surface area contributed by atoms with Gasteiger partial charge in [-0.15, -0.1) is 0 Å². The molecule has 31 heavy (non-hydrogen) atoms. The summed E-state index contributed by atoms with van der Waals surface area (Å²) >= 11 is 3.52. The molecule has 2 aromatic carbocycles. The second-order valence-electron chi connectivity index (χ2n) is 7.04. The monoisotopic (exact) mass is 483 g/mol. The van der Waals surface area contributed by atoms with E-state index in [-0.39, 0.29) is 42.7 Å². The first-order chi connectivity index (χ1) is 15.0. The Labute approximate surface area is 186 Å². The molecule has 0 aliphatic carbocycles. The van der Waals surface area contributed by atoms with Crippen LogP contribution in [0.2, 0.25) is 0 Å². The van der Waals surface area contributed by atoms with Gasteiger partial charge in [0.2, 0.25) is 5.91 Å². The zero-order chi connectivity index (χ0) is 21.8. The van der Waals surface area contributed by atoms with Crippen molar-refractivity contribution in [1.82, 2.24) is 14.8 Å². The number of hydrogen-bond acceptors (Lipinski definition) is 4. The Bertz CT molecular complexity index is 1140. The third kappa shape index (κ3) is 5.05. The topological polar surface area (TPSA) is 79.6 Å². The quantitative estimate of drug-likeness (QED) is 0.576. The highest BCUT2D eigenvalue weighted by atomic mass is 79.9. The summed E-state index contributed by atoms with van der Waals surface area (Å²) in [4.78, 5) is 25.0. The predicted molar refractivity (Wildman–Crippen MR) is 118 cm³/mol. The zero-order valence-corrected chi connectivity index (χ0v) is 18.0. The van der Waals surface area contributed by atoms with Crippen molar-refractivity contribution in [3.05, 3.63) is 82.2 Å². The Balaban J connectivity index is 1.47. The fourth-order valence-corrected chi connectivity index (χ4v) is 3.60. The van der Waals surface area contributed by atoms with Crippen molar-refractivity contribution >= 4 is 39.3 Å². The van der Waals surface area contributed by atoms with Gasteiger partial charge in [-0.05, 0) is 29.3 Å². The highest BCUT2D eigenvalue weighted by Gasteiger charge is 2.25. The van der Waals surface area contributed by atoms with Crippen LogP contribution in [0.1, 0.15) is 24.0 Å². The van der Waals surface area contributed by atoms with Crippen molar-refractivity contribution in [1.29, 1.82) is 0 Å². The Morgan fingerprint density at radius 3 is 2.61 bits per heavy atom. The van der Waals surface area contributed by atoms with Crippen LogP contribution in [-0.2, 0) is 22.7 Å². The highest BCUT2D eigenvalue weighted by molar-refractivity contribution is 9.10. The van der Waals surface area contributed by atoms with E-state index in [1.165, 1.54) is 17.1 Å². The normalized spacial score (nSPS) is 13.8. The lowest BCUT2D eigenvalue weighted by Gasteiger charge is -2.23. The molecule has 0 unspecified atom stereocenters. The summed E-state index contributed by atoms with van der Waals surface area (Å²) in [5.74, 6) is -0.382. The number of carbonyl (C=O) groups excluding carboxylic acids is 2.